The van der Waals surface area contributed by atoms with Crippen molar-refractivity contribution in [3.05, 3.63) is 35.9 Å². The van der Waals surface area contributed by atoms with E-state index in [0.717, 1.165) is 25.6 Å². The third kappa shape index (κ3) is 4.23. The molecule has 1 heterocycles. The molecule has 0 radical (unpaired) electrons. The molecule has 0 bridgehead atoms. The van der Waals surface area contributed by atoms with Gasteiger partial charge >= 0.3 is 0 Å². The predicted octanol–water partition coefficient (Wildman–Crippen LogP) is 2.32. The van der Waals surface area contributed by atoms with Crippen molar-refractivity contribution >= 4 is 5.84 Å². The summed E-state index contributed by atoms with van der Waals surface area (Å²) < 4.78 is 0. The van der Waals surface area contributed by atoms with Crippen molar-refractivity contribution in [2.75, 3.05) is 19.6 Å². The Morgan fingerprint density at radius 1 is 1.35 bits per heavy atom. The SMILES string of the molecule is CC(CN1CCC(Cc2ccccc2)CC1)/C(N)=N/O. The molecule has 0 aliphatic carbocycles. The third-order valence-corrected chi connectivity index (χ3v) is 4.23. The highest BCUT2D eigenvalue weighted by atomic mass is 16.4. The fraction of sp³-hybridized carbons (Fsp3) is 0.562. The molecule has 2 rings (SSSR count). The van der Waals surface area contributed by atoms with Crippen LogP contribution in [-0.2, 0) is 6.42 Å². The van der Waals surface area contributed by atoms with Gasteiger partial charge in [0.05, 0.1) is 0 Å². The Kier molecular flexibility index (Phi) is 5.41. The average Bonchev–Trinajstić information content (AvgIpc) is 2.49. The Labute approximate surface area is 121 Å². The van der Waals surface area contributed by atoms with Crippen LogP contribution in [0.2, 0.25) is 0 Å². The van der Waals surface area contributed by atoms with Gasteiger partial charge in [-0.25, -0.2) is 0 Å². The number of piperidine rings is 1. The molecule has 0 spiro atoms. The molecule has 0 saturated carbocycles. The molecule has 4 nitrogen and oxygen atoms in total. The lowest BCUT2D eigenvalue weighted by molar-refractivity contribution is 0.174. The van der Waals surface area contributed by atoms with Crippen molar-refractivity contribution in [1.82, 2.24) is 4.90 Å². The van der Waals surface area contributed by atoms with E-state index >= 15 is 0 Å². The van der Waals surface area contributed by atoms with E-state index in [2.05, 4.69) is 40.4 Å². The smallest absolute Gasteiger partial charge is 0.143 e. The Balaban J connectivity index is 1.75. The molecule has 1 aliphatic heterocycles. The summed E-state index contributed by atoms with van der Waals surface area (Å²) in [5.41, 5.74) is 7.08. The van der Waals surface area contributed by atoms with E-state index in [9.17, 15) is 0 Å². The number of rotatable bonds is 5. The van der Waals surface area contributed by atoms with Gasteiger partial charge in [-0.1, -0.05) is 42.4 Å². The summed E-state index contributed by atoms with van der Waals surface area (Å²) in [5.74, 6) is 1.23. The van der Waals surface area contributed by atoms with Crippen LogP contribution < -0.4 is 5.73 Å². The number of benzene rings is 1. The second kappa shape index (κ2) is 7.29. The maximum atomic E-state index is 8.69. The van der Waals surface area contributed by atoms with Gasteiger partial charge in [-0.15, -0.1) is 0 Å². The minimum absolute atomic E-state index is 0.116. The summed E-state index contributed by atoms with van der Waals surface area (Å²) in [6.07, 6.45) is 3.65. The first kappa shape index (κ1) is 14.9. The minimum atomic E-state index is 0.116. The molecule has 3 N–H and O–H groups in total. The fourth-order valence-corrected chi connectivity index (χ4v) is 2.90. The van der Waals surface area contributed by atoms with Crippen LogP contribution >= 0.6 is 0 Å². The molecule has 4 heteroatoms. The maximum absolute atomic E-state index is 8.69. The van der Waals surface area contributed by atoms with E-state index in [-0.39, 0.29) is 5.92 Å². The molecule has 1 aromatic rings. The van der Waals surface area contributed by atoms with Crippen LogP contribution in [0.25, 0.3) is 0 Å². The zero-order valence-corrected chi connectivity index (χ0v) is 12.2. The number of hydrogen-bond acceptors (Lipinski definition) is 3. The van der Waals surface area contributed by atoms with Gasteiger partial charge < -0.3 is 15.8 Å². The molecule has 1 aromatic carbocycles. The lowest BCUT2D eigenvalue weighted by Gasteiger charge is -2.33. The summed E-state index contributed by atoms with van der Waals surface area (Å²) in [7, 11) is 0. The number of nitrogens with two attached hydrogens (primary N) is 1. The van der Waals surface area contributed by atoms with Crippen LogP contribution in [0, 0.1) is 11.8 Å². The second-order valence-corrected chi connectivity index (χ2v) is 5.86. The molecule has 1 atom stereocenters. The highest BCUT2D eigenvalue weighted by Crippen LogP contribution is 2.22. The van der Waals surface area contributed by atoms with Gasteiger partial charge in [0.25, 0.3) is 0 Å². The van der Waals surface area contributed by atoms with Crippen LogP contribution in [0.3, 0.4) is 0 Å². The molecule has 1 aliphatic rings. The fourth-order valence-electron chi connectivity index (χ4n) is 2.90. The third-order valence-electron chi connectivity index (χ3n) is 4.23. The Morgan fingerprint density at radius 2 is 2.00 bits per heavy atom. The summed E-state index contributed by atoms with van der Waals surface area (Å²) >= 11 is 0. The van der Waals surface area contributed by atoms with Crippen molar-refractivity contribution in [3.8, 4) is 0 Å². The molecule has 0 aromatic heterocycles. The van der Waals surface area contributed by atoms with Crippen LogP contribution in [0.15, 0.2) is 35.5 Å². The minimum Gasteiger partial charge on any atom is -0.409 e. The number of nitrogens with zero attached hydrogens (tertiary/aromatic N) is 2. The van der Waals surface area contributed by atoms with Gasteiger partial charge in [0.1, 0.15) is 5.84 Å². The monoisotopic (exact) mass is 275 g/mol. The number of hydrogen-bond donors (Lipinski definition) is 2. The lowest BCUT2D eigenvalue weighted by Crippen LogP contribution is -2.40. The first-order valence-electron chi connectivity index (χ1n) is 7.42. The highest BCUT2D eigenvalue weighted by molar-refractivity contribution is 5.82. The summed E-state index contributed by atoms with van der Waals surface area (Å²) in [6.45, 7) is 5.11. The molecule has 0 amide bonds. The molecule has 1 fully saturated rings. The predicted molar refractivity (Wildman–Crippen MR) is 81.9 cm³/mol. The average molecular weight is 275 g/mol. The van der Waals surface area contributed by atoms with Crippen LogP contribution in [0.5, 0.6) is 0 Å². The van der Waals surface area contributed by atoms with E-state index in [4.69, 9.17) is 10.9 Å². The zero-order valence-electron chi connectivity index (χ0n) is 12.2. The van der Waals surface area contributed by atoms with E-state index in [1.54, 1.807) is 0 Å². The Morgan fingerprint density at radius 3 is 2.60 bits per heavy atom. The largest absolute Gasteiger partial charge is 0.409 e. The number of likely N-dealkylation sites (tertiary alicyclic amines) is 1. The standard InChI is InChI=1S/C16H25N3O/c1-13(16(17)18-20)12-19-9-7-15(8-10-19)11-14-5-3-2-4-6-14/h2-6,13,15,20H,7-12H2,1H3,(H2,17,18). The van der Waals surface area contributed by atoms with Gasteiger partial charge in [0.15, 0.2) is 0 Å². The van der Waals surface area contributed by atoms with E-state index in [1.807, 2.05) is 6.92 Å². The zero-order chi connectivity index (χ0) is 14.4. The quantitative estimate of drug-likeness (QED) is 0.375. The first-order chi connectivity index (χ1) is 9.69. The number of oxime groups is 1. The van der Waals surface area contributed by atoms with Gasteiger partial charge in [-0.3, -0.25) is 0 Å². The normalized spacial score (nSPS) is 19.9. The summed E-state index contributed by atoms with van der Waals surface area (Å²) in [5, 5.41) is 11.8. The van der Waals surface area contributed by atoms with Crippen molar-refractivity contribution in [3.63, 3.8) is 0 Å². The summed E-state index contributed by atoms with van der Waals surface area (Å²) in [6, 6.07) is 10.7. The Bertz CT molecular complexity index is 425. The molecule has 1 unspecified atom stereocenters. The van der Waals surface area contributed by atoms with Crippen LogP contribution in [0.1, 0.15) is 25.3 Å². The lowest BCUT2D eigenvalue weighted by atomic mass is 9.90. The van der Waals surface area contributed by atoms with Crippen molar-refractivity contribution in [2.24, 2.45) is 22.7 Å². The van der Waals surface area contributed by atoms with Gasteiger partial charge in [0, 0.05) is 12.5 Å². The van der Waals surface area contributed by atoms with E-state index in [1.165, 1.54) is 24.8 Å². The molecular formula is C16H25N3O. The first-order valence-corrected chi connectivity index (χ1v) is 7.42. The molecular weight excluding hydrogens is 250 g/mol. The van der Waals surface area contributed by atoms with Gasteiger partial charge in [-0.2, -0.15) is 0 Å². The Hall–Kier alpha value is -1.55. The molecule has 1 saturated heterocycles. The van der Waals surface area contributed by atoms with E-state index in [0.29, 0.717) is 5.84 Å². The van der Waals surface area contributed by atoms with E-state index < -0.39 is 0 Å². The van der Waals surface area contributed by atoms with Crippen molar-refractivity contribution in [2.45, 2.75) is 26.2 Å². The van der Waals surface area contributed by atoms with Crippen LogP contribution in [0.4, 0.5) is 0 Å². The molecule has 110 valence electrons. The maximum Gasteiger partial charge on any atom is 0.143 e. The topological polar surface area (TPSA) is 61.8 Å². The summed E-state index contributed by atoms with van der Waals surface area (Å²) in [4.78, 5) is 2.42. The van der Waals surface area contributed by atoms with Crippen molar-refractivity contribution < 1.29 is 5.21 Å². The van der Waals surface area contributed by atoms with Crippen molar-refractivity contribution in [1.29, 1.82) is 0 Å². The highest BCUT2D eigenvalue weighted by Gasteiger charge is 2.21. The van der Waals surface area contributed by atoms with Gasteiger partial charge in [0.2, 0.25) is 0 Å². The number of amidine groups is 1. The molecule has 20 heavy (non-hydrogen) atoms. The van der Waals surface area contributed by atoms with Crippen LogP contribution in [-0.4, -0.2) is 35.6 Å². The van der Waals surface area contributed by atoms with Gasteiger partial charge in [-0.05, 0) is 43.8 Å². The second-order valence-electron chi connectivity index (χ2n) is 5.86.